The summed E-state index contributed by atoms with van der Waals surface area (Å²) >= 11 is 1.79. The van der Waals surface area contributed by atoms with E-state index in [-0.39, 0.29) is 5.97 Å². The number of esters is 1. The fourth-order valence-corrected chi connectivity index (χ4v) is 5.44. The van der Waals surface area contributed by atoms with Crippen molar-refractivity contribution in [1.29, 1.82) is 0 Å². The third-order valence-corrected chi connectivity index (χ3v) is 7.17. The first-order chi connectivity index (χ1) is 15.1. The zero-order chi connectivity index (χ0) is 21.8. The van der Waals surface area contributed by atoms with E-state index in [9.17, 15) is 4.79 Å². The number of carbonyl (C=O) groups is 1. The lowest BCUT2D eigenvalue weighted by Crippen LogP contribution is -2.27. The molecular formula is C24H30N4O2S. The highest BCUT2D eigenvalue weighted by molar-refractivity contribution is 7.19. The molecule has 3 aromatic rings. The van der Waals surface area contributed by atoms with Gasteiger partial charge in [0.15, 0.2) is 0 Å². The second-order valence-corrected chi connectivity index (χ2v) is 9.20. The van der Waals surface area contributed by atoms with Gasteiger partial charge in [-0.25, -0.2) is 14.8 Å². The Bertz CT molecular complexity index is 1040. The third-order valence-electron chi connectivity index (χ3n) is 6.01. The van der Waals surface area contributed by atoms with Gasteiger partial charge in [0, 0.05) is 17.1 Å². The molecule has 2 aromatic heterocycles. The van der Waals surface area contributed by atoms with E-state index in [0.717, 1.165) is 60.1 Å². The molecule has 0 spiro atoms. The zero-order valence-corrected chi connectivity index (χ0v) is 19.3. The molecule has 1 atom stereocenters. The number of aromatic nitrogens is 2. The van der Waals surface area contributed by atoms with Crippen LogP contribution in [0.2, 0.25) is 0 Å². The van der Waals surface area contributed by atoms with E-state index in [1.807, 2.05) is 12.1 Å². The summed E-state index contributed by atoms with van der Waals surface area (Å²) in [6.07, 6.45) is 5.04. The van der Waals surface area contributed by atoms with Crippen molar-refractivity contribution in [3.8, 4) is 0 Å². The largest absolute Gasteiger partial charge is 0.461 e. The number of fused-ring (bicyclic) bond motifs is 3. The Kier molecular flexibility index (Phi) is 6.83. The summed E-state index contributed by atoms with van der Waals surface area (Å²) in [6.45, 7) is 9.60. The summed E-state index contributed by atoms with van der Waals surface area (Å²) in [6, 6.07) is 7.39. The van der Waals surface area contributed by atoms with Gasteiger partial charge in [-0.2, -0.15) is 0 Å². The zero-order valence-electron chi connectivity index (χ0n) is 18.5. The van der Waals surface area contributed by atoms with Gasteiger partial charge in [-0.3, -0.25) is 0 Å². The molecular weight excluding hydrogens is 408 g/mol. The summed E-state index contributed by atoms with van der Waals surface area (Å²) in [5.74, 6) is 1.28. The van der Waals surface area contributed by atoms with Crippen LogP contribution < -0.4 is 5.32 Å². The van der Waals surface area contributed by atoms with Crippen LogP contribution in [-0.2, 0) is 17.6 Å². The number of aryl methyl sites for hydroxylation is 1. The number of thiophene rings is 1. The summed E-state index contributed by atoms with van der Waals surface area (Å²) in [4.78, 5) is 26.1. The number of benzene rings is 1. The maximum atomic E-state index is 12.3. The van der Waals surface area contributed by atoms with Crippen LogP contribution in [0.4, 0.5) is 11.5 Å². The van der Waals surface area contributed by atoms with Crippen LogP contribution in [0.25, 0.3) is 10.2 Å². The number of likely N-dealkylation sites (N-methyl/N-ethyl adjacent to an activating group) is 1. The van der Waals surface area contributed by atoms with Crippen molar-refractivity contribution in [3.05, 3.63) is 46.6 Å². The van der Waals surface area contributed by atoms with Gasteiger partial charge in [0.2, 0.25) is 0 Å². The Balaban J connectivity index is 1.45. The van der Waals surface area contributed by atoms with E-state index in [0.29, 0.717) is 12.2 Å². The molecule has 164 valence electrons. The highest BCUT2D eigenvalue weighted by atomic mass is 32.1. The number of rotatable bonds is 8. The van der Waals surface area contributed by atoms with Crippen molar-refractivity contribution < 1.29 is 9.53 Å². The lowest BCUT2D eigenvalue weighted by Gasteiger charge is -2.18. The molecule has 31 heavy (non-hydrogen) atoms. The van der Waals surface area contributed by atoms with Crippen molar-refractivity contribution in [2.45, 2.75) is 40.0 Å². The SMILES string of the molecule is CCN(CC)CCOC(=O)c1ccc(Nc2ncnc3sc4c(c23)CCC(C)C4)cc1. The van der Waals surface area contributed by atoms with Gasteiger partial charge in [0.25, 0.3) is 0 Å². The van der Waals surface area contributed by atoms with Crippen LogP contribution in [0.3, 0.4) is 0 Å². The Labute approximate surface area is 187 Å². The molecule has 1 aliphatic carbocycles. The first kappa shape index (κ1) is 21.7. The molecule has 0 amide bonds. The summed E-state index contributed by atoms with van der Waals surface area (Å²) in [5, 5.41) is 4.58. The normalized spacial score (nSPS) is 15.8. The number of nitrogens with zero attached hydrogens (tertiary/aromatic N) is 3. The van der Waals surface area contributed by atoms with E-state index in [2.05, 4.69) is 41.0 Å². The second-order valence-electron chi connectivity index (χ2n) is 8.12. The molecule has 0 fully saturated rings. The van der Waals surface area contributed by atoms with Crippen molar-refractivity contribution in [3.63, 3.8) is 0 Å². The standard InChI is InChI=1S/C24H30N4O2S/c1-4-28(5-2)12-13-30-24(29)17-7-9-18(10-8-17)27-22-21-19-11-6-16(3)14-20(19)31-23(21)26-15-25-22/h7-10,15-16H,4-6,11-14H2,1-3H3,(H,25,26,27). The molecule has 0 saturated carbocycles. The lowest BCUT2D eigenvalue weighted by molar-refractivity contribution is 0.0466. The Morgan fingerprint density at radius 3 is 2.74 bits per heavy atom. The van der Waals surface area contributed by atoms with E-state index in [4.69, 9.17) is 4.74 Å². The second kappa shape index (κ2) is 9.75. The van der Waals surface area contributed by atoms with E-state index >= 15 is 0 Å². The maximum absolute atomic E-state index is 12.3. The van der Waals surface area contributed by atoms with Crippen LogP contribution in [0.1, 0.15) is 48.0 Å². The quantitative estimate of drug-likeness (QED) is 0.496. The van der Waals surface area contributed by atoms with Crippen molar-refractivity contribution in [2.75, 3.05) is 31.6 Å². The number of hydrogen-bond donors (Lipinski definition) is 1. The minimum absolute atomic E-state index is 0.288. The predicted molar refractivity (Wildman–Crippen MR) is 126 cm³/mol. The number of carbonyl (C=O) groups excluding carboxylic acids is 1. The fourth-order valence-electron chi connectivity index (χ4n) is 4.09. The minimum atomic E-state index is -0.288. The smallest absolute Gasteiger partial charge is 0.338 e. The van der Waals surface area contributed by atoms with Gasteiger partial charge in [0.1, 0.15) is 23.6 Å². The van der Waals surface area contributed by atoms with Crippen LogP contribution in [-0.4, -0.2) is 47.1 Å². The highest BCUT2D eigenvalue weighted by Crippen LogP contribution is 2.40. The molecule has 0 bridgehead atoms. The van der Waals surface area contributed by atoms with Crippen molar-refractivity contribution in [1.82, 2.24) is 14.9 Å². The summed E-state index contributed by atoms with van der Waals surface area (Å²) < 4.78 is 5.42. The average molecular weight is 439 g/mol. The third kappa shape index (κ3) is 4.88. The van der Waals surface area contributed by atoms with E-state index < -0.39 is 0 Å². The van der Waals surface area contributed by atoms with Gasteiger partial charge in [0.05, 0.1) is 10.9 Å². The average Bonchev–Trinajstić information content (AvgIpc) is 3.15. The number of nitrogens with one attached hydrogen (secondary N) is 1. The Morgan fingerprint density at radius 1 is 1.23 bits per heavy atom. The van der Waals surface area contributed by atoms with Gasteiger partial charge in [-0.15, -0.1) is 11.3 Å². The van der Waals surface area contributed by atoms with Gasteiger partial charge < -0.3 is 15.0 Å². The Hall–Kier alpha value is -2.51. The molecule has 0 radical (unpaired) electrons. The molecule has 0 aliphatic heterocycles. The van der Waals surface area contributed by atoms with E-state index in [1.165, 1.54) is 16.9 Å². The van der Waals surface area contributed by atoms with Crippen molar-refractivity contribution in [2.24, 2.45) is 5.92 Å². The maximum Gasteiger partial charge on any atom is 0.338 e. The van der Waals surface area contributed by atoms with E-state index in [1.54, 1.807) is 29.8 Å². The summed E-state index contributed by atoms with van der Waals surface area (Å²) in [7, 11) is 0. The molecule has 1 aliphatic rings. The van der Waals surface area contributed by atoms with Gasteiger partial charge in [-0.05, 0) is 68.1 Å². The van der Waals surface area contributed by atoms with Crippen LogP contribution in [0.15, 0.2) is 30.6 Å². The molecule has 7 heteroatoms. The lowest BCUT2D eigenvalue weighted by atomic mass is 9.89. The van der Waals surface area contributed by atoms with Gasteiger partial charge in [-0.1, -0.05) is 20.8 Å². The highest BCUT2D eigenvalue weighted by Gasteiger charge is 2.23. The molecule has 1 unspecified atom stereocenters. The van der Waals surface area contributed by atoms with Crippen molar-refractivity contribution >= 4 is 39.0 Å². The first-order valence-electron chi connectivity index (χ1n) is 11.1. The molecule has 2 heterocycles. The molecule has 1 aromatic carbocycles. The monoisotopic (exact) mass is 438 g/mol. The Morgan fingerprint density at radius 2 is 2.00 bits per heavy atom. The first-order valence-corrected chi connectivity index (χ1v) is 11.9. The number of ether oxygens (including phenoxy) is 1. The molecule has 6 nitrogen and oxygen atoms in total. The van der Waals surface area contributed by atoms with Crippen LogP contribution in [0, 0.1) is 5.92 Å². The van der Waals surface area contributed by atoms with Crippen LogP contribution in [0.5, 0.6) is 0 Å². The summed E-state index contributed by atoms with van der Waals surface area (Å²) in [5.41, 5.74) is 2.85. The number of hydrogen-bond acceptors (Lipinski definition) is 7. The molecule has 1 N–H and O–H groups in total. The topological polar surface area (TPSA) is 67.3 Å². The number of anilines is 2. The van der Waals surface area contributed by atoms with Gasteiger partial charge >= 0.3 is 5.97 Å². The predicted octanol–water partition coefficient (Wildman–Crippen LogP) is 5.06. The molecule has 0 saturated heterocycles. The fraction of sp³-hybridized carbons (Fsp3) is 0.458. The minimum Gasteiger partial charge on any atom is -0.461 e. The molecule has 4 rings (SSSR count). The van der Waals surface area contributed by atoms with Crippen LogP contribution >= 0.6 is 11.3 Å².